The van der Waals surface area contributed by atoms with E-state index in [2.05, 4.69) is 27.5 Å². The lowest BCUT2D eigenvalue weighted by Gasteiger charge is -2.35. The van der Waals surface area contributed by atoms with E-state index >= 15 is 0 Å². The van der Waals surface area contributed by atoms with Gasteiger partial charge in [-0.25, -0.2) is 4.99 Å². The summed E-state index contributed by atoms with van der Waals surface area (Å²) in [7, 11) is 1.64. The Morgan fingerprint density at radius 2 is 2.15 bits per heavy atom. The fourth-order valence-corrected chi connectivity index (χ4v) is 3.23. The van der Waals surface area contributed by atoms with E-state index in [0.717, 1.165) is 28.3 Å². The number of rotatable bonds is 6. The third kappa shape index (κ3) is 3.66. The highest BCUT2D eigenvalue weighted by molar-refractivity contribution is 5.92. The number of anilines is 1. The van der Waals surface area contributed by atoms with Crippen LogP contribution < -0.4 is 31.6 Å². The van der Waals surface area contributed by atoms with Crippen molar-refractivity contribution in [2.45, 2.75) is 26.3 Å². The molecule has 0 bridgehead atoms. The molecule has 2 aliphatic heterocycles. The quantitative estimate of drug-likeness (QED) is 0.603. The monoisotopic (exact) mass is 358 g/mol. The van der Waals surface area contributed by atoms with Gasteiger partial charge >= 0.3 is 0 Å². The number of hydrogen-bond donors (Lipinski definition) is 4. The van der Waals surface area contributed by atoms with Crippen molar-refractivity contribution in [1.29, 1.82) is 0 Å². The molecule has 8 heteroatoms. The molecular weight excluding hydrogens is 332 g/mol. The Kier molecular flexibility index (Phi) is 5.43. The first-order valence-electron chi connectivity index (χ1n) is 8.65. The molecule has 0 aliphatic carbocycles. The number of nitrogens with one attached hydrogen (secondary N) is 2. The highest BCUT2D eigenvalue weighted by Crippen LogP contribution is 2.30. The molecule has 0 saturated heterocycles. The van der Waals surface area contributed by atoms with Crippen LogP contribution in [0.1, 0.15) is 13.8 Å². The van der Waals surface area contributed by atoms with Crippen LogP contribution in [0.5, 0.6) is 11.5 Å². The first kappa shape index (κ1) is 18.2. The van der Waals surface area contributed by atoms with Crippen LogP contribution >= 0.6 is 0 Å². The molecule has 0 amide bonds. The average molecular weight is 358 g/mol. The molecule has 26 heavy (non-hydrogen) atoms. The Bertz CT molecular complexity index is 758. The van der Waals surface area contributed by atoms with Crippen LogP contribution in [0.15, 0.2) is 39.3 Å². The number of benzene rings is 1. The predicted octanol–water partition coefficient (Wildman–Crippen LogP) is 1.05. The van der Waals surface area contributed by atoms with Crippen LogP contribution in [-0.2, 0) is 0 Å². The van der Waals surface area contributed by atoms with E-state index in [1.165, 1.54) is 0 Å². The van der Waals surface area contributed by atoms with Crippen molar-refractivity contribution in [3.05, 3.63) is 29.3 Å². The summed E-state index contributed by atoms with van der Waals surface area (Å²) in [5, 5.41) is 6.54. The number of amidine groups is 1. The second kappa shape index (κ2) is 7.76. The summed E-state index contributed by atoms with van der Waals surface area (Å²) in [6.07, 6.45) is 1.19. The van der Waals surface area contributed by atoms with Gasteiger partial charge in [0.05, 0.1) is 25.3 Å². The highest BCUT2D eigenvalue weighted by Gasteiger charge is 2.34. The van der Waals surface area contributed by atoms with Crippen molar-refractivity contribution in [3.8, 4) is 11.5 Å². The Hall–Kier alpha value is -2.58. The lowest BCUT2D eigenvalue weighted by atomic mass is 9.88. The molecule has 2 aliphatic rings. The van der Waals surface area contributed by atoms with E-state index in [1.54, 1.807) is 7.11 Å². The third-order valence-electron chi connectivity index (χ3n) is 4.58. The molecule has 0 spiro atoms. The maximum atomic E-state index is 6.10. The molecule has 0 aromatic heterocycles. The Labute approximate surface area is 153 Å². The maximum absolute atomic E-state index is 6.10. The minimum Gasteiger partial charge on any atom is -0.495 e. The summed E-state index contributed by atoms with van der Waals surface area (Å²) in [5.74, 6) is 1.99. The number of nitrogens with zero attached hydrogens (tertiary/aromatic N) is 2. The molecule has 3 atom stereocenters. The van der Waals surface area contributed by atoms with Crippen LogP contribution in [0.25, 0.3) is 0 Å². The molecule has 2 heterocycles. The molecule has 0 radical (unpaired) electrons. The zero-order chi connectivity index (χ0) is 18.7. The molecule has 140 valence electrons. The average Bonchev–Trinajstić information content (AvgIpc) is 2.61. The van der Waals surface area contributed by atoms with E-state index in [-0.39, 0.29) is 12.1 Å². The molecule has 0 fully saturated rings. The van der Waals surface area contributed by atoms with E-state index in [9.17, 15) is 0 Å². The van der Waals surface area contributed by atoms with Gasteiger partial charge in [0.2, 0.25) is 0 Å². The van der Waals surface area contributed by atoms with Crippen LogP contribution in [-0.4, -0.2) is 44.8 Å². The second-order valence-electron chi connectivity index (χ2n) is 6.22. The lowest BCUT2D eigenvalue weighted by molar-refractivity contribution is 0.339. The van der Waals surface area contributed by atoms with Gasteiger partial charge < -0.3 is 20.5 Å². The molecule has 8 nitrogen and oxygen atoms in total. The largest absolute Gasteiger partial charge is 0.495 e. The van der Waals surface area contributed by atoms with Gasteiger partial charge in [0.1, 0.15) is 23.5 Å². The number of methoxy groups -OCH3 is 1. The maximum Gasteiger partial charge on any atom is 0.154 e. The van der Waals surface area contributed by atoms with Crippen molar-refractivity contribution < 1.29 is 9.47 Å². The van der Waals surface area contributed by atoms with E-state index < -0.39 is 6.29 Å². The number of dihydropyridines is 1. The van der Waals surface area contributed by atoms with Gasteiger partial charge in [-0.3, -0.25) is 16.0 Å². The van der Waals surface area contributed by atoms with Crippen LogP contribution in [0, 0.1) is 5.92 Å². The summed E-state index contributed by atoms with van der Waals surface area (Å²) in [6, 6.07) is 5.70. The topological polar surface area (TPSA) is 119 Å². The summed E-state index contributed by atoms with van der Waals surface area (Å²) >= 11 is 0. The van der Waals surface area contributed by atoms with Crippen LogP contribution in [0.4, 0.5) is 5.69 Å². The minimum atomic E-state index is -0.508. The van der Waals surface area contributed by atoms with Gasteiger partial charge in [-0.05, 0) is 31.6 Å². The van der Waals surface area contributed by atoms with Crippen molar-refractivity contribution in [2.24, 2.45) is 27.4 Å². The Balaban J connectivity index is 1.78. The van der Waals surface area contributed by atoms with Gasteiger partial charge in [-0.2, -0.15) is 0 Å². The van der Waals surface area contributed by atoms with Gasteiger partial charge in [0, 0.05) is 18.8 Å². The fraction of sp³-hybridized carbons (Fsp3) is 0.444. The van der Waals surface area contributed by atoms with Crippen molar-refractivity contribution in [2.75, 3.05) is 25.6 Å². The molecule has 0 saturated carbocycles. The number of nitrogens with two attached hydrogens (primary N) is 2. The Morgan fingerprint density at radius 1 is 1.35 bits per heavy atom. The number of fused-ring (bicyclic) bond motifs is 1. The highest BCUT2D eigenvalue weighted by atomic mass is 16.5. The SMILES string of the molecule is CCOc1ccc(OC)c(NCC2=C(C)C3C(N)=NC(N)NC3N=C2)c1. The molecule has 6 N–H and O–H groups in total. The van der Waals surface area contributed by atoms with Crippen LogP contribution in [0.2, 0.25) is 0 Å². The molecule has 3 rings (SSSR count). The summed E-state index contributed by atoms with van der Waals surface area (Å²) < 4.78 is 11.0. The fourth-order valence-electron chi connectivity index (χ4n) is 3.23. The Morgan fingerprint density at radius 3 is 2.88 bits per heavy atom. The summed E-state index contributed by atoms with van der Waals surface area (Å²) in [4.78, 5) is 8.78. The van der Waals surface area contributed by atoms with Gasteiger partial charge in [0.25, 0.3) is 0 Å². The van der Waals surface area contributed by atoms with Gasteiger partial charge in [-0.15, -0.1) is 0 Å². The van der Waals surface area contributed by atoms with Gasteiger partial charge in [0.15, 0.2) is 6.29 Å². The van der Waals surface area contributed by atoms with E-state index in [4.69, 9.17) is 20.9 Å². The zero-order valence-electron chi connectivity index (χ0n) is 15.3. The van der Waals surface area contributed by atoms with Crippen molar-refractivity contribution >= 4 is 17.7 Å². The molecule has 1 aromatic carbocycles. The zero-order valence-corrected chi connectivity index (χ0v) is 15.3. The number of hydrogen-bond acceptors (Lipinski definition) is 8. The van der Waals surface area contributed by atoms with E-state index in [1.807, 2.05) is 31.3 Å². The smallest absolute Gasteiger partial charge is 0.154 e. The standard InChI is InChI=1S/C18H26N6O2/c1-4-26-12-5-6-14(25-3)13(7-12)21-8-11-9-22-17-15(10(11)2)16(19)23-18(20)24-17/h5-7,9,15,17-18,21,24H,4,8,20H2,1-3H3,(H2,19,23). The van der Waals surface area contributed by atoms with Gasteiger partial charge in [-0.1, -0.05) is 5.57 Å². The summed E-state index contributed by atoms with van der Waals surface area (Å²) in [5.41, 5.74) is 15.0. The van der Waals surface area contributed by atoms with Crippen molar-refractivity contribution in [3.63, 3.8) is 0 Å². The lowest BCUT2D eigenvalue weighted by Crippen LogP contribution is -2.55. The molecule has 1 aromatic rings. The normalized spacial score (nSPS) is 24.8. The predicted molar refractivity (Wildman–Crippen MR) is 104 cm³/mol. The number of ether oxygens (including phenoxy) is 2. The van der Waals surface area contributed by atoms with E-state index in [0.29, 0.717) is 19.0 Å². The van der Waals surface area contributed by atoms with Crippen LogP contribution in [0.3, 0.4) is 0 Å². The van der Waals surface area contributed by atoms with Crippen molar-refractivity contribution in [1.82, 2.24) is 5.32 Å². The molecule has 3 unspecified atom stereocenters. The number of aliphatic imine (C=N–C) groups is 2. The molecular formula is C18H26N6O2. The second-order valence-corrected chi connectivity index (χ2v) is 6.22. The first-order valence-corrected chi connectivity index (χ1v) is 8.65. The first-order chi connectivity index (χ1) is 12.5. The summed E-state index contributed by atoms with van der Waals surface area (Å²) in [6.45, 7) is 5.20. The minimum absolute atomic E-state index is 0.0757. The third-order valence-corrected chi connectivity index (χ3v) is 4.58.